The Bertz CT molecular complexity index is 80.9. The van der Waals surface area contributed by atoms with Crippen LogP contribution < -0.4 is 16.8 Å². The predicted octanol–water partition coefficient (Wildman–Crippen LogP) is -0.213. The largest absolute Gasteiger partial charge is 0.405 e. The molecule has 0 bridgehead atoms. The Morgan fingerprint density at radius 3 is 2.70 bits per heavy atom. The summed E-state index contributed by atoms with van der Waals surface area (Å²) in [5.41, 5.74) is 10.4. The smallest absolute Gasteiger partial charge is 0.0151 e. The zero-order valence-electron chi connectivity index (χ0n) is 6.34. The Labute approximate surface area is 62.5 Å². The van der Waals surface area contributed by atoms with E-state index in [0.717, 1.165) is 32.5 Å². The Morgan fingerprint density at radius 2 is 2.10 bits per heavy atom. The van der Waals surface area contributed by atoms with E-state index in [1.54, 1.807) is 6.20 Å². The molecule has 0 aromatic rings. The summed E-state index contributed by atoms with van der Waals surface area (Å²) in [6.45, 7) is 2.68. The summed E-state index contributed by atoms with van der Waals surface area (Å²) in [7, 11) is 0. The minimum atomic E-state index is 0.786. The molecule has 60 valence electrons. The van der Waals surface area contributed by atoms with Crippen LogP contribution in [-0.2, 0) is 0 Å². The quantitative estimate of drug-likeness (QED) is 0.451. The highest BCUT2D eigenvalue weighted by Crippen LogP contribution is 1.81. The fourth-order valence-corrected chi connectivity index (χ4v) is 0.648. The second-order valence-electron chi connectivity index (χ2n) is 2.13. The van der Waals surface area contributed by atoms with E-state index in [0.29, 0.717) is 0 Å². The van der Waals surface area contributed by atoms with Gasteiger partial charge in [-0.25, -0.2) is 0 Å². The number of hydrogen-bond donors (Lipinski definition) is 3. The maximum absolute atomic E-state index is 5.31. The maximum Gasteiger partial charge on any atom is 0.0151 e. The van der Waals surface area contributed by atoms with Crippen LogP contribution in [0.2, 0.25) is 0 Å². The van der Waals surface area contributed by atoms with Crippen molar-refractivity contribution in [3.8, 4) is 0 Å². The molecule has 0 unspecified atom stereocenters. The Balaban J connectivity index is 2.77. The van der Waals surface area contributed by atoms with Crippen LogP contribution in [0.3, 0.4) is 0 Å². The van der Waals surface area contributed by atoms with Gasteiger partial charge in [-0.3, -0.25) is 0 Å². The number of nitrogens with one attached hydrogen (secondary N) is 1. The number of hydrogen-bond acceptors (Lipinski definition) is 3. The zero-order valence-corrected chi connectivity index (χ0v) is 6.34. The van der Waals surface area contributed by atoms with Crippen molar-refractivity contribution in [2.45, 2.75) is 12.8 Å². The van der Waals surface area contributed by atoms with Crippen molar-refractivity contribution < 1.29 is 0 Å². The van der Waals surface area contributed by atoms with Gasteiger partial charge in [0.25, 0.3) is 0 Å². The molecule has 0 aromatic heterocycles. The van der Waals surface area contributed by atoms with Crippen molar-refractivity contribution in [3.05, 3.63) is 12.3 Å². The molecule has 0 rings (SSSR count). The molecule has 0 heterocycles. The van der Waals surface area contributed by atoms with Crippen molar-refractivity contribution in [1.82, 2.24) is 5.32 Å². The third-order valence-corrected chi connectivity index (χ3v) is 1.21. The molecule has 0 fully saturated rings. The van der Waals surface area contributed by atoms with Crippen LogP contribution in [0.15, 0.2) is 12.3 Å². The highest BCUT2D eigenvalue weighted by atomic mass is 14.8. The molecule has 0 aliphatic rings. The average molecular weight is 143 g/mol. The van der Waals surface area contributed by atoms with Crippen molar-refractivity contribution in [2.75, 3.05) is 19.6 Å². The normalized spacial score (nSPS) is 10.9. The zero-order chi connectivity index (χ0) is 7.66. The molecule has 0 radical (unpaired) electrons. The van der Waals surface area contributed by atoms with Crippen LogP contribution in [0.4, 0.5) is 0 Å². The molecule has 0 saturated heterocycles. The Kier molecular flexibility index (Phi) is 8.00. The van der Waals surface area contributed by atoms with Gasteiger partial charge in [0.05, 0.1) is 0 Å². The summed E-state index contributed by atoms with van der Waals surface area (Å²) in [4.78, 5) is 0. The Morgan fingerprint density at radius 1 is 1.30 bits per heavy atom. The number of rotatable bonds is 6. The SMILES string of the molecule is NC=CCNCCCCN. The van der Waals surface area contributed by atoms with E-state index in [9.17, 15) is 0 Å². The first-order chi connectivity index (χ1) is 4.91. The van der Waals surface area contributed by atoms with Crippen LogP contribution in [0.25, 0.3) is 0 Å². The van der Waals surface area contributed by atoms with Gasteiger partial charge in [0.15, 0.2) is 0 Å². The molecule has 0 saturated carbocycles. The molecule has 10 heavy (non-hydrogen) atoms. The van der Waals surface area contributed by atoms with Gasteiger partial charge in [-0.2, -0.15) is 0 Å². The van der Waals surface area contributed by atoms with Crippen molar-refractivity contribution in [3.63, 3.8) is 0 Å². The molecule has 5 N–H and O–H groups in total. The molecule has 0 aliphatic carbocycles. The van der Waals surface area contributed by atoms with E-state index in [2.05, 4.69) is 5.32 Å². The molecule has 3 heteroatoms. The Hall–Kier alpha value is -0.540. The minimum Gasteiger partial charge on any atom is -0.405 e. The lowest BCUT2D eigenvalue weighted by Gasteiger charge is -1.98. The van der Waals surface area contributed by atoms with Crippen LogP contribution in [0.1, 0.15) is 12.8 Å². The average Bonchev–Trinajstić information content (AvgIpc) is 1.97. The van der Waals surface area contributed by atoms with Gasteiger partial charge in [0, 0.05) is 6.54 Å². The third kappa shape index (κ3) is 7.46. The molecule has 0 aliphatic heterocycles. The van der Waals surface area contributed by atoms with Crippen LogP contribution in [-0.4, -0.2) is 19.6 Å². The first-order valence-corrected chi connectivity index (χ1v) is 3.69. The molecule has 0 atom stereocenters. The number of nitrogens with two attached hydrogens (primary N) is 2. The van der Waals surface area contributed by atoms with Crippen LogP contribution in [0, 0.1) is 0 Å². The van der Waals surface area contributed by atoms with Crippen molar-refractivity contribution >= 4 is 0 Å². The fourth-order valence-electron chi connectivity index (χ4n) is 0.648. The maximum atomic E-state index is 5.31. The van der Waals surface area contributed by atoms with Crippen molar-refractivity contribution in [2.24, 2.45) is 11.5 Å². The number of unbranched alkanes of at least 4 members (excludes halogenated alkanes) is 1. The van der Waals surface area contributed by atoms with Crippen molar-refractivity contribution in [1.29, 1.82) is 0 Å². The molecular formula is C7H17N3. The monoisotopic (exact) mass is 143 g/mol. The highest BCUT2D eigenvalue weighted by Gasteiger charge is 1.82. The summed E-state index contributed by atoms with van der Waals surface area (Å²) in [6, 6.07) is 0. The lowest BCUT2D eigenvalue weighted by molar-refractivity contribution is 0.661. The minimum absolute atomic E-state index is 0.786. The lowest BCUT2D eigenvalue weighted by Crippen LogP contribution is -2.16. The molecule has 0 spiro atoms. The lowest BCUT2D eigenvalue weighted by atomic mass is 10.3. The van der Waals surface area contributed by atoms with E-state index in [-0.39, 0.29) is 0 Å². The van der Waals surface area contributed by atoms with Crippen LogP contribution in [0.5, 0.6) is 0 Å². The van der Waals surface area contributed by atoms with Gasteiger partial charge in [0.1, 0.15) is 0 Å². The molecule has 3 nitrogen and oxygen atoms in total. The molecular weight excluding hydrogens is 126 g/mol. The first kappa shape index (κ1) is 9.46. The van der Waals surface area contributed by atoms with E-state index in [1.165, 1.54) is 0 Å². The highest BCUT2D eigenvalue weighted by molar-refractivity contribution is 4.77. The van der Waals surface area contributed by atoms with Gasteiger partial charge in [0.2, 0.25) is 0 Å². The van der Waals surface area contributed by atoms with Gasteiger partial charge >= 0.3 is 0 Å². The van der Waals surface area contributed by atoms with E-state index in [4.69, 9.17) is 11.5 Å². The summed E-state index contributed by atoms with van der Waals surface area (Å²) in [5.74, 6) is 0. The summed E-state index contributed by atoms with van der Waals surface area (Å²) in [6.07, 6.45) is 5.69. The van der Waals surface area contributed by atoms with E-state index >= 15 is 0 Å². The summed E-state index contributed by atoms with van der Waals surface area (Å²) in [5, 5.41) is 3.20. The van der Waals surface area contributed by atoms with E-state index < -0.39 is 0 Å². The van der Waals surface area contributed by atoms with Gasteiger partial charge in [-0.15, -0.1) is 0 Å². The fraction of sp³-hybridized carbons (Fsp3) is 0.714. The van der Waals surface area contributed by atoms with Gasteiger partial charge < -0.3 is 16.8 Å². The van der Waals surface area contributed by atoms with E-state index in [1.807, 2.05) is 6.08 Å². The summed E-state index contributed by atoms with van der Waals surface area (Å²) >= 11 is 0. The third-order valence-electron chi connectivity index (χ3n) is 1.21. The molecule has 0 amide bonds. The molecule has 0 aromatic carbocycles. The standard InChI is InChI=1S/C7H17N3/c8-4-1-2-6-10-7-3-5-9/h3,5,10H,1-2,4,6-9H2. The second-order valence-corrected chi connectivity index (χ2v) is 2.13. The second kappa shape index (κ2) is 8.46. The predicted molar refractivity (Wildman–Crippen MR) is 44.5 cm³/mol. The first-order valence-electron chi connectivity index (χ1n) is 3.69. The summed E-state index contributed by atoms with van der Waals surface area (Å²) < 4.78 is 0. The van der Waals surface area contributed by atoms with Gasteiger partial charge in [-0.1, -0.05) is 6.08 Å². The van der Waals surface area contributed by atoms with Crippen LogP contribution >= 0.6 is 0 Å². The van der Waals surface area contributed by atoms with Gasteiger partial charge in [-0.05, 0) is 32.1 Å². The topological polar surface area (TPSA) is 64.1 Å².